The van der Waals surface area contributed by atoms with E-state index >= 15 is 0 Å². The molecular formula is C9H14N2O5. The minimum atomic E-state index is -1.06. The van der Waals surface area contributed by atoms with Gasteiger partial charge in [-0.25, -0.2) is 4.79 Å². The highest BCUT2D eigenvalue weighted by Crippen LogP contribution is 2.19. The third kappa shape index (κ3) is 3.50. The Morgan fingerprint density at radius 2 is 1.94 bits per heavy atom. The molecule has 0 aromatic carbocycles. The van der Waals surface area contributed by atoms with E-state index in [1.807, 2.05) is 0 Å². The number of carboxylic acid groups (broad SMARTS) is 1. The molecule has 1 saturated heterocycles. The fourth-order valence-corrected chi connectivity index (χ4v) is 1.43. The highest BCUT2D eigenvalue weighted by atomic mass is 16.5. The van der Waals surface area contributed by atoms with Gasteiger partial charge in [-0.1, -0.05) is 0 Å². The van der Waals surface area contributed by atoms with Crippen molar-refractivity contribution in [3.63, 3.8) is 0 Å². The van der Waals surface area contributed by atoms with E-state index in [2.05, 4.69) is 5.32 Å². The predicted octanol–water partition coefficient (Wildman–Crippen LogP) is -1.39. The van der Waals surface area contributed by atoms with Crippen LogP contribution in [-0.2, 0) is 19.1 Å². The Kier molecular flexibility index (Phi) is 4.24. The number of carbonyl (C=O) groups excluding carboxylic acids is 2. The summed E-state index contributed by atoms with van der Waals surface area (Å²) in [7, 11) is 0. The van der Waals surface area contributed by atoms with Crippen molar-refractivity contribution in [2.24, 2.45) is 5.73 Å². The van der Waals surface area contributed by atoms with Crippen molar-refractivity contribution in [2.45, 2.75) is 31.5 Å². The largest absolute Gasteiger partial charge is 0.479 e. The summed E-state index contributed by atoms with van der Waals surface area (Å²) in [4.78, 5) is 32.4. The van der Waals surface area contributed by atoms with Crippen LogP contribution < -0.4 is 11.1 Å². The van der Waals surface area contributed by atoms with Crippen LogP contribution in [0.15, 0.2) is 0 Å². The Hall–Kier alpha value is -1.63. The van der Waals surface area contributed by atoms with E-state index in [1.165, 1.54) is 0 Å². The van der Waals surface area contributed by atoms with E-state index in [0.29, 0.717) is 12.8 Å². The van der Waals surface area contributed by atoms with E-state index in [1.54, 1.807) is 0 Å². The first kappa shape index (κ1) is 12.4. The topological polar surface area (TPSA) is 119 Å². The summed E-state index contributed by atoms with van der Waals surface area (Å²) < 4.78 is 5.01. The third-order valence-electron chi connectivity index (χ3n) is 2.26. The van der Waals surface area contributed by atoms with Crippen molar-refractivity contribution in [2.75, 3.05) is 6.54 Å². The molecule has 1 aliphatic rings. The highest BCUT2D eigenvalue weighted by Gasteiger charge is 2.34. The summed E-state index contributed by atoms with van der Waals surface area (Å²) in [5, 5.41) is 11.1. The number of primary amides is 1. The summed E-state index contributed by atoms with van der Waals surface area (Å²) in [6.45, 7) is 0.145. The maximum absolute atomic E-state index is 11.4. The van der Waals surface area contributed by atoms with Gasteiger partial charge in [0.05, 0.1) is 0 Å². The monoisotopic (exact) mass is 230 g/mol. The number of carboxylic acids is 1. The van der Waals surface area contributed by atoms with E-state index < -0.39 is 30.0 Å². The Labute approximate surface area is 91.9 Å². The molecular weight excluding hydrogens is 216 g/mol. The predicted molar refractivity (Wildman–Crippen MR) is 52.4 cm³/mol. The zero-order valence-corrected chi connectivity index (χ0v) is 8.64. The van der Waals surface area contributed by atoms with Crippen molar-refractivity contribution >= 4 is 17.8 Å². The smallest absolute Gasteiger partial charge is 0.332 e. The van der Waals surface area contributed by atoms with E-state index in [4.69, 9.17) is 15.6 Å². The maximum Gasteiger partial charge on any atom is 0.332 e. The molecule has 7 nitrogen and oxygen atoms in total. The number of aliphatic carboxylic acids is 1. The van der Waals surface area contributed by atoms with Crippen LogP contribution in [0.25, 0.3) is 0 Å². The van der Waals surface area contributed by atoms with Gasteiger partial charge in [-0.3, -0.25) is 9.59 Å². The normalized spacial score (nSPS) is 24.0. The number of ether oxygens (including phenoxy) is 1. The molecule has 1 fully saturated rings. The first-order valence-electron chi connectivity index (χ1n) is 4.95. The van der Waals surface area contributed by atoms with Crippen LogP contribution in [0.3, 0.4) is 0 Å². The number of nitrogens with one attached hydrogen (secondary N) is 1. The lowest BCUT2D eigenvalue weighted by Crippen LogP contribution is -2.37. The Balaban J connectivity index is 2.28. The summed E-state index contributed by atoms with van der Waals surface area (Å²) in [5.74, 6) is -1.96. The van der Waals surface area contributed by atoms with Crippen LogP contribution >= 0.6 is 0 Å². The number of hydrogen-bond acceptors (Lipinski definition) is 4. The van der Waals surface area contributed by atoms with Crippen LogP contribution in [0, 0.1) is 0 Å². The first-order valence-corrected chi connectivity index (χ1v) is 4.95. The molecule has 1 rings (SSSR count). The Morgan fingerprint density at radius 3 is 2.44 bits per heavy atom. The zero-order valence-electron chi connectivity index (χ0n) is 8.64. The molecule has 0 bridgehead atoms. The quantitative estimate of drug-likeness (QED) is 0.537. The van der Waals surface area contributed by atoms with Crippen LogP contribution in [0.4, 0.5) is 0 Å². The molecule has 2 amide bonds. The lowest BCUT2D eigenvalue weighted by atomic mass is 10.2. The fraction of sp³-hybridized carbons (Fsp3) is 0.667. The van der Waals surface area contributed by atoms with Gasteiger partial charge in [0.2, 0.25) is 11.8 Å². The van der Waals surface area contributed by atoms with Crippen LogP contribution in [-0.4, -0.2) is 41.6 Å². The average Bonchev–Trinajstić information content (AvgIpc) is 2.65. The summed E-state index contributed by atoms with van der Waals surface area (Å²) in [6, 6.07) is 0. The van der Waals surface area contributed by atoms with E-state index in [-0.39, 0.29) is 13.0 Å². The van der Waals surface area contributed by atoms with Gasteiger partial charge in [0, 0.05) is 13.0 Å². The minimum absolute atomic E-state index is 0.0564. The van der Waals surface area contributed by atoms with Gasteiger partial charge in [-0.2, -0.15) is 0 Å². The molecule has 0 unspecified atom stereocenters. The van der Waals surface area contributed by atoms with Gasteiger partial charge >= 0.3 is 5.97 Å². The van der Waals surface area contributed by atoms with Crippen molar-refractivity contribution in [1.29, 1.82) is 0 Å². The summed E-state index contributed by atoms with van der Waals surface area (Å²) >= 11 is 0. The number of nitrogens with two attached hydrogens (primary N) is 1. The fourth-order valence-electron chi connectivity index (χ4n) is 1.43. The first-order chi connectivity index (χ1) is 7.50. The number of amides is 2. The van der Waals surface area contributed by atoms with Gasteiger partial charge < -0.3 is 20.9 Å². The molecule has 2 atom stereocenters. The molecule has 0 saturated carbocycles. The van der Waals surface area contributed by atoms with Gasteiger partial charge in [0.25, 0.3) is 0 Å². The molecule has 0 spiro atoms. The second kappa shape index (κ2) is 5.45. The average molecular weight is 230 g/mol. The number of rotatable bonds is 5. The molecule has 90 valence electrons. The maximum atomic E-state index is 11.4. The molecule has 0 aromatic rings. The van der Waals surface area contributed by atoms with Crippen molar-refractivity contribution in [1.82, 2.24) is 5.32 Å². The van der Waals surface area contributed by atoms with Crippen molar-refractivity contribution in [3.05, 3.63) is 0 Å². The summed E-state index contributed by atoms with van der Waals surface area (Å²) in [5.41, 5.74) is 4.89. The minimum Gasteiger partial charge on any atom is -0.479 e. The standard InChI is InChI=1S/C9H14N2O5/c10-7(12)3-4-11-8(13)5-1-2-6(16-5)9(14)15/h5-6H,1-4H2,(H2,10,12)(H,11,13)(H,14,15)/t5-,6+/m0/s1. The number of hydrogen-bond donors (Lipinski definition) is 3. The van der Waals surface area contributed by atoms with Gasteiger partial charge in [-0.05, 0) is 12.8 Å². The molecule has 7 heteroatoms. The lowest BCUT2D eigenvalue weighted by molar-refractivity contribution is -0.151. The van der Waals surface area contributed by atoms with Crippen molar-refractivity contribution in [3.8, 4) is 0 Å². The van der Waals surface area contributed by atoms with Gasteiger partial charge in [0.15, 0.2) is 6.10 Å². The lowest BCUT2D eigenvalue weighted by Gasteiger charge is -2.10. The molecule has 0 aliphatic carbocycles. The van der Waals surface area contributed by atoms with Gasteiger partial charge in [0.1, 0.15) is 6.10 Å². The Morgan fingerprint density at radius 1 is 1.31 bits per heavy atom. The molecule has 1 aliphatic heterocycles. The molecule has 16 heavy (non-hydrogen) atoms. The van der Waals surface area contributed by atoms with E-state index in [9.17, 15) is 14.4 Å². The molecule has 1 heterocycles. The van der Waals surface area contributed by atoms with E-state index in [0.717, 1.165) is 0 Å². The van der Waals surface area contributed by atoms with Crippen LogP contribution in [0.5, 0.6) is 0 Å². The molecule has 4 N–H and O–H groups in total. The number of carbonyl (C=O) groups is 3. The molecule has 0 aromatic heterocycles. The third-order valence-corrected chi connectivity index (χ3v) is 2.26. The van der Waals surface area contributed by atoms with Crippen LogP contribution in [0.2, 0.25) is 0 Å². The highest BCUT2D eigenvalue weighted by molar-refractivity contribution is 5.83. The summed E-state index contributed by atoms with van der Waals surface area (Å²) in [6.07, 6.45) is -0.899. The zero-order chi connectivity index (χ0) is 12.1. The Bertz CT molecular complexity index is 304. The second-order valence-electron chi connectivity index (χ2n) is 3.54. The van der Waals surface area contributed by atoms with Gasteiger partial charge in [-0.15, -0.1) is 0 Å². The molecule has 0 radical (unpaired) electrons. The van der Waals surface area contributed by atoms with Crippen molar-refractivity contribution < 1.29 is 24.2 Å². The SMILES string of the molecule is NC(=O)CCNC(=O)[C@@H]1CC[C@H](C(=O)O)O1. The van der Waals surface area contributed by atoms with Crippen LogP contribution in [0.1, 0.15) is 19.3 Å². The second-order valence-corrected chi connectivity index (χ2v) is 3.54.